The molecular formula is C18H24N4. The Bertz CT molecular complexity index is 605. The number of rotatable bonds is 6. The maximum Gasteiger partial charge on any atom is 0.0889 e. The van der Waals surface area contributed by atoms with Crippen LogP contribution in [0.5, 0.6) is 0 Å². The van der Waals surface area contributed by atoms with Gasteiger partial charge in [-0.05, 0) is 62.3 Å². The van der Waals surface area contributed by atoms with Gasteiger partial charge in [-0.25, -0.2) is 0 Å². The Labute approximate surface area is 132 Å². The molecule has 0 saturated heterocycles. The van der Waals surface area contributed by atoms with Gasteiger partial charge in [0.15, 0.2) is 0 Å². The summed E-state index contributed by atoms with van der Waals surface area (Å²) in [6.45, 7) is 5.78. The van der Waals surface area contributed by atoms with E-state index in [0.717, 1.165) is 35.6 Å². The van der Waals surface area contributed by atoms with E-state index in [9.17, 15) is 0 Å². The zero-order valence-electron chi connectivity index (χ0n) is 13.8. The normalized spacial score (nSPS) is 11.3. The maximum atomic E-state index is 4.46. The van der Waals surface area contributed by atoms with E-state index in [1.807, 2.05) is 14.1 Å². The van der Waals surface area contributed by atoms with Crippen LogP contribution >= 0.6 is 0 Å². The first kappa shape index (κ1) is 16.3. The van der Waals surface area contributed by atoms with Gasteiger partial charge in [0.05, 0.1) is 11.4 Å². The predicted molar refractivity (Wildman–Crippen MR) is 92.1 cm³/mol. The molecule has 0 radical (unpaired) electrons. The average molecular weight is 296 g/mol. The standard InChI is InChI=1S/C18H24N4/c1-13-5-7-15(11-19-3)9-17(13)21-22-18-10-16(12-20-4)8-6-14(18)2/h5-10,19-20H,11-12H2,1-4H3. The van der Waals surface area contributed by atoms with Crippen molar-refractivity contribution in [2.75, 3.05) is 14.1 Å². The Hall–Kier alpha value is -2.04. The van der Waals surface area contributed by atoms with Gasteiger partial charge < -0.3 is 10.6 Å². The van der Waals surface area contributed by atoms with E-state index in [-0.39, 0.29) is 0 Å². The Kier molecular flexibility index (Phi) is 5.81. The van der Waals surface area contributed by atoms with Gasteiger partial charge >= 0.3 is 0 Å². The SMILES string of the molecule is CNCc1ccc(C)c(N=Nc2cc(CNC)ccc2C)c1. The second-order valence-electron chi connectivity index (χ2n) is 5.50. The van der Waals surface area contributed by atoms with E-state index in [1.165, 1.54) is 11.1 Å². The molecule has 0 spiro atoms. The number of hydrogen-bond donors (Lipinski definition) is 2. The van der Waals surface area contributed by atoms with Crippen molar-refractivity contribution < 1.29 is 0 Å². The lowest BCUT2D eigenvalue weighted by Gasteiger charge is -2.06. The van der Waals surface area contributed by atoms with Gasteiger partial charge in [0.2, 0.25) is 0 Å². The second kappa shape index (κ2) is 7.82. The van der Waals surface area contributed by atoms with Crippen LogP contribution in [0.25, 0.3) is 0 Å². The zero-order chi connectivity index (χ0) is 15.9. The third-order valence-corrected chi connectivity index (χ3v) is 3.57. The highest BCUT2D eigenvalue weighted by atomic mass is 15.1. The van der Waals surface area contributed by atoms with Crippen LogP contribution in [-0.4, -0.2) is 14.1 Å². The van der Waals surface area contributed by atoms with Crippen molar-refractivity contribution >= 4 is 11.4 Å². The van der Waals surface area contributed by atoms with Crippen LogP contribution in [0.3, 0.4) is 0 Å². The third-order valence-electron chi connectivity index (χ3n) is 3.57. The lowest BCUT2D eigenvalue weighted by atomic mass is 10.1. The first-order chi connectivity index (χ1) is 10.6. The smallest absolute Gasteiger partial charge is 0.0889 e. The molecule has 22 heavy (non-hydrogen) atoms. The first-order valence-corrected chi connectivity index (χ1v) is 7.54. The lowest BCUT2D eigenvalue weighted by Crippen LogP contribution is -2.04. The molecule has 0 bridgehead atoms. The molecule has 2 aromatic carbocycles. The summed E-state index contributed by atoms with van der Waals surface area (Å²) in [4.78, 5) is 0. The monoisotopic (exact) mass is 296 g/mol. The molecule has 0 aliphatic carbocycles. The molecule has 2 N–H and O–H groups in total. The predicted octanol–water partition coefficient (Wildman–Crippen LogP) is 4.16. The molecule has 4 nitrogen and oxygen atoms in total. The Balaban J connectivity index is 2.28. The number of azo groups is 1. The van der Waals surface area contributed by atoms with Gasteiger partial charge in [-0.2, -0.15) is 10.2 Å². The number of hydrogen-bond acceptors (Lipinski definition) is 4. The molecule has 0 amide bonds. The van der Waals surface area contributed by atoms with E-state index >= 15 is 0 Å². The van der Waals surface area contributed by atoms with Crippen LogP contribution in [-0.2, 0) is 13.1 Å². The Morgan fingerprint density at radius 3 is 1.50 bits per heavy atom. The minimum atomic E-state index is 0.833. The zero-order valence-corrected chi connectivity index (χ0v) is 13.8. The van der Waals surface area contributed by atoms with E-state index < -0.39 is 0 Å². The van der Waals surface area contributed by atoms with Gasteiger partial charge in [0, 0.05) is 13.1 Å². The fourth-order valence-corrected chi connectivity index (χ4v) is 2.26. The van der Waals surface area contributed by atoms with Crippen molar-refractivity contribution in [1.29, 1.82) is 0 Å². The van der Waals surface area contributed by atoms with Crippen molar-refractivity contribution in [1.82, 2.24) is 10.6 Å². The number of nitrogens with zero attached hydrogens (tertiary/aromatic N) is 2. The number of nitrogens with one attached hydrogen (secondary N) is 2. The highest BCUT2D eigenvalue weighted by molar-refractivity contribution is 5.50. The van der Waals surface area contributed by atoms with Crippen molar-refractivity contribution in [3.63, 3.8) is 0 Å². The van der Waals surface area contributed by atoms with Crippen LogP contribution < -0.4 is 10.6 Å². The van der Waals surface area contributed by atoms with Crippen molar-refractivity contribution in [3.05, 3.63) is 58.7 Å². The van der Waals surface area contributed by atoms with Crippen LogP contribution in [0.4, 0.5) is 11.4 Å². The van der Waals surface area contributed by atoms with Crippen LogP contribution in [0.1, 0.15) is 22.3 Å². The summed E-state index contributed by atoms with van der Waals surface area (Å²) in [6.07, 6.45) is 0. The quantitative estimate of drug-likeness (QED) is 0.786. The van der Waals surface area contributed by atoms with Gasteiger partial charge in [-0.15, -0.1) is 0 Å². The molecule has 0 saturated carbocycles. The molecule has 4 heteroatoms. The van der Waals surface area contributed by atoms with Gasteiger partial charge in [0.1, 0.15) is 0 Å². The summed E-state index contributed by atoms with van der Waals surface area (Å²) >= 11 is 0. The minimum absolute atomic E-state index is 0.833. The summed E-state index contributed by atoms with van der Waals surface area (Å²) in [6, 6.07) is 12.6. The van der Waals surface area contributed by atoms with E-state index in [4.69, 9.17) is 0 Å². The molecule has 0 aliphatic rings. The fourth-order valence-electron chi connectivity index (χ4n) is 2.26. The molecule has 0 aliphatic heterocycles. The van der Waals surface area contributed by atoms with Crippen molar-refractivity contribution in [3.8, 4) is 0 Å². The fraction of sp³-hybridized carbons (Fsp3) is 0.333. The summed E-state index contributed by atoms with van der Waals surface area (Å²) in [7, 11) is 3.88. The molecule has 0 heterocycles. The second-order valence-corrected chi connectivity index (χ2v) is 5.50. The Morgan fingerprint density at radius 1 is 0.727 bits per heavy atom. The molecule has 0 unspecified atom stereocenters. The summed E-state index contributed by atoms with van der Waals surface area (Å²) in [5.74, 6) is 0. The molecule has 0 atom stereocenters. The van der Waals surface area contributed by atoms with E-state index in [0.29, 0.717) is 0 Å². The summed E-state index contributed by atoms with van der Waals surface area (Å²) < 4.78 is 0. The maximum absolute atomic E-state index is 4.46. The molecule has 2 aromatic rings. The highest BCUT2D eigenvalue weighted by Crippen LogP contribution is 2.26. The minimum Gasteiger partial charge on any atom is -0.316 e. The molecule has 116 valence electrons. The van der Waals surface area contributed by atoms with E-state index in [2.05, 4.69) is 71.1 Å². The summed E-state index contributed by atoms with van der Waals surface area (Å²) in [5.41, 5.74) is 6.53. The molecule has 0 fully saturated rings. The molecular weight excluding hydrogens is 272 g/mol. The van der Waals surface area contributed by atoms with Crippen LogP contribution in [0, 0.1) is 13.8 Å². The van der Waals surface area contributed by atoms with Gasteiger partial charge in [-0.1, -0.05) is 24.3 Å². The highest BCUT2D eigenvalue weighted by Gasteiger charge is 2.02. The lowest BCUT2D eigenvalue weighted by molar-refractivity contribution is 0.816. The van der Waals surface area contributed by atoms with Crippen LogP contribution in [0.2, 0.25) is 0 Å². The number of benzene rings is 2. The average Bonchev–Trinajstić information content (AvgIpc) is 2.51. The Morgan fingerprint density at radius 2 is 1.14 bits per heavy atom. The number of aryl methyl sites for hydroxylation is 2. The first-order valence-electron chi connectivity index (χ1n) is 7.54. The van der Waals surface area contributed by atoms with Crippen molar-refractivity contribution in [2.24, 2.45) is 10.2 Å². The van der Waals surface area contributed by atoms with E-state index in [1.54, 1.807) is 0 Å². The largest absolute Gasteiger partial charge is 0.316 e. The van der Waals surface area contributed by atoms with Crippen LogP contribution in [0.15, 0.2) is 46.6 Å². The molecule has 0 aromatic heterocycles. The molecule has 2 rings (SSSR count). The summed E-state index contributed by atoms with van der Waals surface area (Å²) in [5, 5.41) is 15.2. The third kappa shape index (κ3) is 4.23. The van der Waals surface area contributed by atoms with Crippen molar-refractivity contribution in [2.45, 2.75) is 26.9 Å². The van der Waals surface area contributed by atoms with Gasteiger partial charge in [-0.3, -0.25) is 0 Å². The van der Waals surface area contributed by atoms with Gasteiger partial charge in [0.25, 0.3) is 0 Å². The topological polar surface area (TPSA) is 48.8 Å².